The summed E-state index contributed by atoms with van der Waals surface area (Å²) in [4.78, 5) is 29.3. The third-order valence-corrected chi connectivity index (χ3v) is 5.75. The molecule has 0 bridgehead atoms. The van der Waals surface area contributed by atoms with Gasteiger partial charge in [0.05, 0.1) is 6.61 Å². The number of carbonyl (C=O) groups is 2. The SMILES string of the molecule is CCOC(=O)[C@@H](c1ccc(Cl)cc1)N1CCN(C(=O)c2cc(C3CC3)[nH]n2)CC1. The van der Waals surface area contributed by atoms with Crippen molar-refractivity contribution in [2.75, 3.05) is 32.8 Å². The summed E-state index contributed by atoms with van der Waals surface area (Å²) < 4.78 is 5.31. The fourth-order valence-corrected chi connectivity index (χ4v) is 3.88. The number of aromatic nitrogens is 2. The molecule has 7 nitrogen and oxygen atoms in total. The summed E-state index contributed by atoms with van der Waals surface area (Å²) in [5.41, 5.74) is 2.37. The van der Waals surface area contributed by atoms with Crippen molar-refractivity contribution >= 4 is 23.5 Å². The Kier molecular flexibility index (Phi) is 5.87. The van der Waals surface area contributed by atoms with Gasteiger partial charge in [-0.1, -0.05) is 23.7 Å². The maximum Gasteiger partial charge on any atom is 0.328 e. The molecule has 1 amide bonds. The van der Waals surface area contributed by atoms with Gasteiger partial charge in [0, 0.05) is 42.8 Å². The molecular formula is C21H25ClN4O3. The second-order valence-electron chi connectivity index (χ2n) is 7.52. The van der Waals surface area contributed by atoms with E-state index in [2.05, 4.69) is 15.1 Å². The molecule has 1 saturated heterocycles. The summed E-state index contributed by atoms with van der Waals surface area (Å²) in [5.74, 6) is 0.188. The van der Waals surface area contributed by atoms with E-state index in [0.717, 1.165) is 24.1 Å². The highest BCUT2D eigenvalue weighted by molar-refractivity contribution is 6.30. The van der Waals surface area contributed by atoms with Crippen LogP contribution >= 0.6 is 11.6 Å². The molecule has 4 rings (SSSR count). The Morgan fingerprint density at radius 2 is 1.90 bits per heavy atom. The van der Waals surface area contributed by atoms with Crippen LogP contribution in [0.3, 0.4) is 0 Å². The Hall–Kier alpha value is -2.38. The van der Waals surface area contributed by atoms with Crippen molar-refractivity contribution in [2.45, 2.75) is 31.7 Å². The molecule has 1 aromatic carbocycles. The number of piperazine rings is 1. The lowest BCUT2D eigenvalue weighted by Gasteiger charge is -2.38. The predicted octanol–water partition coefficient (Wildman–Crippen LogP) is 3.00. The molecule has 154 valence electrons. The number of H-pyrrole nitrogens is 1. The quantitative estimate of drug-likeness (QED) is 0.732. The molecule has 0 unspecified atom stereocenters. The number of amides is 1. The summed E-state index contributed by atoms with van der Waals surface area (Å²) in [6, 6.07) is 8.63. The summed E-state index contributed by atoms with van der Waals surface area (Å²) in [6.07, 6.45) is 2.32. The first-order chi connectivity index (χ1) is 14.1. The van der Waals surface area contributed by atoms with Crippen LogP contribution < -0.4 is 0 Å². The van der Waals surface area contributed by atoms with Crippen molar-refractivity contribution in [1.82, 2.24) is 20.0 Å². The largest absolute Gasteiger partial charge is 0.465 e. The summed E-state index contributed by atoms with van der Waals surface area (Å²) in [7, 11) is 0. The molecular weight excluding hydrogens is 392 g/mol. The smallest absolute Gasteiger partial charge is 0.328 e. The highest BCUT2D eigenvalue weighted by atomic mass is 35.5. The van der Waals surface area contributed by atoms with Gasteiger partial charge >= 0.3 is 5.97 Å². The monoisotopic (exact) mass is 416 g/mol. The number of benzene rings is 1. The molecule has 8 heteroatoms. The number of halogens is 1. The van der Waals surface area contributed by atoms with Crippen LogP contribution in [0.2, 0.25) is 5.02 Å². The Labute approximate surface area is 175 Å². The molecule has 1 atom stereocenters. The van der Waals surface area contributed by atoms with E-state index in [-0.39, 0.29) is 11.9 Å². The Balaban J connectivity index is 1.43. The zero-order chi connectivity index (χ0) is 20.4. The fraction of sp³-hybridized carbons (Fsp3) is 0.476. The molecule has 0 radical (unpaired) electrons. The number of esters is 1. The second kappa shape index (κ2) is 8.55. The topological polar surface area (TPSA) is 78.5 Å². The van der Waals surface area contributed by atoms with Crippen LogP contribution in [0, 0.1) is 0 Å². The number of carbonyl (C=O) groups excluding carboxylic acids is 2. The van der Waals surface area contributed by atoms with Crippen molar-refractivity contribution in [3.05, 3.63) is 52.3 Å². The zero-order valence-corrected chi connectivity index (χ0v) is 17.2. The maximum absolute atomic E-state index is 12.8. The number of hydrogen-bond donors (Lipinski definition) is 1. The van der Waals surface area contributed by atoms with Crippen LogP contribution in [0.5, 0.6) is 0 Å². The van der Waals surface area contributed by atoms with Gasteiger partial charge in [-0.15, -0.1) is 0 Å². The van der Waals surface area contributed by atoms with E-state index in [1.807, 2.05) is 18.2 Å². The van der Waals surface area contributed by atoms with E-state index in [1.54, 1.807) is 24.0 Å². The third-order valence-electron chi connectivity index (χ3n) is 5.50. The molecule has 2 heterocycles. The van der Waals surface area contributed by atoms with Crippen molar-refractivity contribution in [2.24, 2.45) is 0 Å². The van der Waals surface area contributed by atoms with Gasteiger partial charge in [-0.2, -0.15) is 5.10 Å². The summed E-state index contributed by atoms with van der Waals surface area (Å²) >= 11 is 6.00. The van der Waals surface area contributed by atoms with E-state index in [9.17, 15) is 9.59 Å². The highest BCUT2D eigenvalue weighted by Crippen LogP contribution is 2.39. The van der Waals surface area contributed by atoms with Gasteiger partial charge in [-0.3, -0.25) is 14.8 Å². The van der Waals surface area contributed by atoms with Crippen molar-refractivity contribution in [3.63, 3.8) is 0 Å². The van der Waals surface area contributed by atoms with Crippen molar-refractivity contribution in [3.8, 4) is 0 Å². The van der Waals surface area contributed by atoms with Gasteiger partial charge in [0.1, 0.15) is 11.7 Å². The fourth-order valence-electron chi connectivity index (χ4n) is 3.76. The lowest BCUT2D eigenvalue weighted by atomic mass is 10.0. The normalized spacial score (nSPS) is 18.5. The van der Waals surface area contributed by atoms with Gasteiger partial charge in [0.2, 0.25) is 0 Å². The first-order valence-corrected chi connectivity index (χ1v) is 10.5. The standard InChI is InChI=1S/C21H25ClN4O3/c1-2-29-21(28)19(15-5-7-16(22)8-6-15)25-9-11-26(12-10-25)20(27)18-13-17(23-24-18)14-3-4-14/h5-8,13-14,19H,2-4,9-12H2,1H3,(H,23,24)/t19-/m1/s1. The Morgan fingerprint density at radius 3 is 2.52 bits per heavy atom. The molecule has 1 aliphatic heterocycles. The van der Waals surface area contributed by atoms with Crippen LogP contribution in [0.25, 0.3) is 0 Å². The number of ether oxygens (including phenoxy) is 1. The Morgan fingerprint density at radius 1 is 1.21 bits per heavy atom. The summed E-state index contributed by atoms with van der Waals surface area (Å²) in [5, 5.41) is 7.81. The zero-order valence-electron chi connectivity index (χ0n) is 16.4. The minimum atomic E-state index is -0.503. The van der Waals surface area contributed by atoms with E-state index < -0.39 is 6.04 Å². The maximum atomic E-state index is 12.8. The van der Waals surface area contributed by atoms with E-state index in [4.69, 9.17) is 16.3 Å². The molecule has 29 heavy (non-hydrogen) atoms. The van der Waals surface area contributed by atoms with E-state index in [0.29, 0.717) is 49.4 Å². The molecule has 2 aliphatic rings. The van der Waals surface area contributed by atoms with E-state index in [1.165, 1.54) is 0 Å². The van der Waals surface area contributed by atoms with Gasteiger partial charge in [-0.05, 0) is 43.5 Å². The summed E-state index contributed by atoms with van der Waals surface area (Å²) in [6.45, 7) is 4.36. The van der Waals surface area contributed by atoms with Gasteiger partial charge in [-0.25, -0.2) is 4.79 Å². The molecule has 1 aromatic heterocycles. The van der Waals surface area contributed by atoms with Crippen molar-refractivity contribution in [1.29, 1.82) is 0 Å². The van der Waals surface area contributed by atoms with Crippen LogP contribution in [0.15, 0.2) is 30.3 Å². The highest BCUT2D eigenvalue weighted by Gasteiger charge is 2.34. The molecule has 0 spiro atoms. The van der Waals surface area contributed by atoms with Gasteiger partial charge < -0.3 is 9.64 Å². The molecule has 2 fully saturated rings. The van der Waals surface area contributed by atoms with Crippen LogP contribution in [0.4, 0.5) is 0 Å². The van der Waals surface area contributed by atoms with Gasteiger partial charge in [0.15, 0.2) is 0 Å². The number of aromatic amines is 1. The third kappa shape index (κ3) is 4.46. The second-order valence-corrected chi connectivity index (χ2v) is 7.95. The molecule has 1 saturated carbocycles. The predicted molar refractivity (Wildman–Crippen MR) is 109 cm³/mol. The molecule has 2 aromatic rings. The van der Waals surface area contributed by atoms with E-state index >= 15 is 0 Å². The lowest BCUT2D eigenvalue weighted by molar-refractivity contribution is -0.150. The average molecular weight is 417 g/mol. The number of nitrogens with zero attached hydrogens (tertiary/aromatic N) is 3. The minimum Gasteiger partial charge on any atom is -0.465 e. The Bertz CT molecular complexity index is 870. The number of hydrogen-bond acceptors (Lipinski definition) is 5. The van der Waals surface area contributed by atoms with Crippen LogP contribution in [-0.4, -0.2) is 64.7 Å². The number of nitrogens with one attached hydrogen (secondary N) is 1. The first kappa shape index (κ1) is 19.9. The van der Waals surface area contributed by atoms with Gasteiger partial charge in [0.25, 0.3) is 5.91 Å². The average Bonchev–Trinajstić information content (AvgIpc) is 3.46. The minimum absolute atomic E-state index is 0.0630. The van der Waals surface area contributed by atoms with Crippen molar-refractivity contribution < 1.29 is 14.3 Å². The molecule has 1 N–H and O–H groups in total. The first-order valence-electron chi connectivity index (χ1n) is 10.1. The number of rotatable bonds is 6. The van der Waals surface area contributed by atoms with Crippen LogP contribution in [-0.2, 0) is 9.53 Å². The molecule has 1 aliphatic carbocycles. The van der Waals surface area contributed by atoms with Crippen LogP contribution in [0.1, 0.15) is 53.5 Å². The lowest BCUT2D eigenvalue weighted by Crippen LogP contribution is -2.51.